The molecule has 0 spiro atoms. The number of allylic oxidation sites excluding steroid dienone is 2. The van der Waals surface area contributed by atoms with E-state index in [1.807, 2.05) is 45.9 Å². The fourth-order valence-electron chi connectivity index (χ4n) is 2.56. The minimum atomic E-state index is -0.492. The molecule has 0 aliphatic heterocycles. The number of benzene rings is 1. The maximum absolute atomic E-state index is 12.3. The van der Waals surface area contributed by atoms with E-state index in [1.165, 1.54) is 6.21 Å². The van der Waals surface area contributed by atoms with Gasteiger partial charge in [0.25, 0.3) is 0 Å². The Morgan fingerprint density at radius 3 is 2.46 bits per heavy atom. The predicted molar refractivity (Wildman–Crippen MR) is 131 cm³/mol. The second-order valence-corrected chi connectivity index (χ2v) is 7.46. The molecule has 156 valence electrons. The fraction of sp³-hybridized carbons (Fsp3) is 0.400. The van der Waals surface area contributed by atoms with Crippen LogP contribution in [-0.2, 0) is 9.53 Å². The highest BCUT2D eigenvalue weighted by molar-refractivity contribution is 14.2. The first-order valence-electron chi connectivity index (χ1n) is 9.26. The van der Waals surface area contributed by atoms with Gasteiger partial charge in [-0.1, -0.05) is 38.5 Å². The van der Waals surface area contributed by atoms with Gasteiger partial charge in [0.15, 0.2) is 0 Å². The predicted octanol–water partition coefficient (Wildman–Crippen LogP) is 5.20. The van der Waals surface area contributed by atoms with Crippen LogP contribution in [0, 0.1) is 5.41 Å². The zero-order valence-electron chi connectivity index (χ0n) is 17.5. The van der Waals surface area contributed by atoms with Crippen molar-refractivity contribution in [3.8, 4) is 0 Å². The van der Waals surface area contributed by atoms with E-state index in [-0.39, 0.29) is 12.3 Å². The Labute approximate surface area is 183 Å². The topological polar surface area (TPSA) is 100 Å². The van der Waals surface area contributed by atoms with Gasteiger partial charge in [-0.3, -0.25) is 0 Å². The van der Waals surface area contributed by atoms with Gasteiger partial charge in [0.1, 0.15) is 5.70 Å². The van der Waals surface area contributed by atoms with Crippen LogP contribution >= 0.6 is 28.4 Å². The minimum absolute atomic E-state index is 0.222. The zero-order valence-corrected chi connectivity index (χ0v) is 20.7. The number of carbonyl (C=O) groups is 1. The Bertz CT molecular complexity index is 733. The first-order chi connectivity index (χ1) is 13.5. The fourth-order valence-corrected chi connectivity index (χ4v) is 3.75. The number of hydrogen-bond acceptors (Lipinski definition) is 6. The number of esters is 1. The molecular weight excluding hydrogens is 486 g/mol. The molecule has 0 aromatic heterocycles. The summed E-state index contributed by atoms with van der Waals surface area (Å²) < 4.78 is 5.12. The normalized spacial score (nSPS) is 12.4. The molecule has 0 aliphatic rings. The van der Waals surface area contributed by atoms with Crippen LogP contribution in [0.15, 0.2) is 35.2 Å². The van der Waals surface area contributed by atoms with E-state index >= 15 is 0 Å². The number of hydrogen-bond donors (Lipinski definition) is 4. The van der Waals surface area contributed by atoms with Crippen molar-refractivity contribution in [3.63, 3.8) is 0 Å². The third-order valence-electron chi connectivity index (χ3n) is 3.93. The van der Waals surface area contributed by atoms with Crippen LogP contribution in [0.5, 0.6) is 0 Å². The first-order valence-corrected chi connectivity index (χ1v) is 13.4. The molecule has 28 heavy (non-hydrogen) atoms. The highest BCUT2D eigenvalue weighted by Crippen LogP contribution is 2.34. The quantitative estimate of drug-likeness (QED) is 0.0900. The molecule has 0 saturated heterocycles. The van der Waals surface area contributed by atoms with E-state index in [1.54, 1.807) is 14.0 Å². The Morgan fingerprint density at radius 2 is 2.00 bits per heavy atom. The van der Waals surface area contributed by atoms with E-state index in [0.717, 1.165) is 34.4 Å². The maximum atomic E-state index is 12.3. The Kier molecular flexibility index (Phi) is 13.6. The Hall–Kier alpha value is -1.60. The number of nitrogens with one attached hydrogen (secondary N) is 3. The molecule has 0 radical (unpaired) electrons. The summed E-state index contributed by atoms with van der Waals surface area (Å²) in [7, 11) is 1.64. The zero-order chi connectivity index (χ0) is 21.7. The van der Waals surface area contributed by atoms with Crippen molar-refractivity contribution in [2.24, 2.45) is 5.73 Å². The van der Waals surface area contributed by atoms with Crippen molar-refractivity contribution >= 4 is 51.9 Å². The molecule has 0 aliphatic carbocycles. The van der Waals surface area contributed by atoms with Gasteiger partial charge in [0.05, 0.1) is 12.3 Å². The largest absolute Gasteiger partial charge is 0.461 e. The van der Waals surface area contributed by atoms with Crippen LogP contribution in [0.4, 0.5) is 5.69 Å². The van der Waals surface area contributed by atoms with E-state index in [9.17, 15) is 4.79 Å². The molecule has 5 N–H and O–H groups in total. The van der Waals surface area contributed by atoms with E-state index in [0.29, 0.717) is 12.1 Å². The summed E-state index contributed by atoms with van der Waals surface area (Å²) in [5, 5.41) is 14.0. The molecule has 6 nitrogen and oxygen atoms in total. The number of rotatable bonds is 9. The van der Waals surface area contributed by atoms with E-state index in [2.05, 4.69) is 32.4 Å². The number of carbonyl (C=O) groups excluding carboxylic acids is 1. The summed E-state index contributed by atoms with van der Waals surface area (Å²) >= 11 is 2.25. The van der Waals surface area contributed by atoms with Crippen LogP contribution < -0.4 is 16.1 Å². The average Bonchev–Trinajstić information content (AvgIpc) is 2.70. The molecule has 0 bridgehead atoms. The van der Waals surface area contributed by atoms with Gasteiger partial charge in [-0.15, -0.1) is 0 Å². The lowest BCUT2D eigenvalue weighted by atomic mass is 9.91. The van der Waals surface area contributed by atoms with Crippen molar-refractivity contribution in [1.29, 1.82) is 5.41 Å². The second kappa shape index (κ2) is 14.4. The average molecular weight is 518 g/mol. The van der Waals surface area contributed by atoms with Gasteiger partial charge in [0.2, 0.25) is 0 Å². The summed E-state index contributed by atoms with van der Waals surface area (Å²) in [6, 6.07) is 5.77. The minimum Gasteiger partial charge on any atom is -0.461 e. The smallest absolute Gasteiger partial charge is 0.356 e. The van der Waals surface area contributed by atoms with Crippen LogP contribution in [0.3, 0.4) is 0 Å². The highest BCUT2D eigenvalue weighted by atomic mass is 127. The first kappa shape index (κ1) is 26.4. The van der Waals surface area contributed by atoms with Crippen LogP contribution in [0.25, 0.3) is 5.57 Å². The van der Waals surface area contributed by atoms with Crippen molar-refractivity contribution in [2.45, 2.75) is 41.0 Å². The van der Waals surface area contributed by atoms with Crippen molar-refractivity contribution in [1.82, 2.24) is 5.32 Å². The molecule has 0 heterocycles. The third-order valence-corrected chi connectivity index (χ3v) is 5.10. The number of likely N-dealkylation sites (N-methyl/N-ethyl adjacent to an activating group) is 1. The molecule has 0 fully saturated rings. The molecule has 1 aromatic carbocycles. The number of nitrogens with two attached hydrogens (primary N) is 1. The lowest BCUT2D eigenvalue weighted by molar-refractivity contribution is -0.138. The summed E-state index contributed by atoms with van der Waals surface area (Å²) in [6.45, 7) is 10.0. The summed E-state index contributed by atoms with van der Waals surface area (Å²) in [5.41, 5.74) is 11.2. The molecule has 0 saturated carbocycles. The monoisotopic (exact) mass is 518 g/mol. The third kappa shape index (κ3) is 6.78. The Balaban J connectivity index is 0.00000352. The highest BCUT2D eigenvalue weighted by Gasteiger charge is 2.21. The van der Waals surface area contributed by atoms with Gasteiger partial charge in [-0.25, -0.2) is 4.79 Å². The van der Waals surface area contributed by atoms with Crippen LogP contribution in [-0.4, -0.2) is 25.8 Å². The number of halogens is 1. The van der Waals surface area contributed by atoms with Crippen LogP contribution in [0.2, 0.25) is 0 Å². The number of ether oxygens (including phenoxy) is 1. The number of anilines is 1. The van der Waals surface area contributed by atoms with E-state index in [4.69, 9.17) is 15.9 Å². The maximum Gasteiger partial charge on any atom is 0.356 e. The van der Waals surface area contributed by atoms with Crippen molar-refractivity contribution < 1.29 is 9.53 Å². The lowest BCUT2D eigenvalue weighted by Crippen LogP contribution is -2.25. The van der Waals surface area contributed by atoms with Gasteiger partial charge >= 0.3 is 5.97 Å². The van der Waals surface area contributed by atoms with Crippen LogP contribution in [0.1, 0.15) is 52.2 Å². The van der Waals surface area contributed by atoms with Gasteiger partial charge < -0.3 is 26.3 Å². The second-order valence-electron chi connectivity index (χ2n) is 5.40. The molecule has 8 heteroatoms. The van der Waals surface area contributed by atoms with Crippen molar-refractivity contribution in [3.05, 3.63) is 46.3 Å². The van der Waals surface area contributed by atoms with Gasteiger partial charge in [-0.05, 0) is 53.9 Å². The molecule has 1 atom stereocenters. The summed E-state index contributed by atoms with van der Waals surface area (Å²) in [4.78, 5) is 12.3. The molecule has 1 aromatic rings. The Morgan fingerprint density at radius 1 is 1.36 bits per heavy atom. The SMILES string of the molecule is CC.CCOC(=O)/C(NC)=C(N)/C(=C(\C)CC)c1cccc(NPI)c1C=N. The standard InChI is InChI=1S/C18H26IN4O2P.C2H6/c1-5-11(3)15(16(21)17(22-4)18(24)25-6-2)12-8-7-9-14(23-26-19)13(12)10-20;1-2/h7-10,20,22-23,26H,5-6,21H2,1-4H3;1-2H3/b15-11+,17-16+,20-10?;. The molecular formula is C20H32IN4O2P. The summed E-state index contributed by atoms with van der Waals surface area (Å²) in [6.07, 6.45) is 2.55. The van der Waals surface area contributed by atoms with Gasteiger partial charge in [0, 0.05) is 36.5 Å². The lowest BCUT2D eigenvalue weighted by Gasteiger charge is -2.20. The van der Waals surface area contributed by atoms with Crippen molar-refractivity contribution in [2.75, 3.05) is 18.7 Å². The molecule has 0 amide bonds. The van der Waals surface area contributed by atoms with E-state index < -0.39 is 5.97 Å². The van der Waals surface area contributed by atoms with Gasteiger partial charge in [-0.2, -0.15) is 0 Å². The molecule has 1 rings (SSSR count). The summed E-state index contributed by atoms with van der Waals surface area (Å²) in [5.74, 6) is -0.492. The molecule has 1 unspecified atom stereocenters.